The first-order valence-electron chi connectivity index (χ1n) is 6.18. The second-order valence-corrected chi connectivity index (χ2v) is 5.60. The fraction of sp³-hybridized carbons (Fsp3) is 0.200. The van der Waals surface area contributed by atoms with Gasteiger partial charge in [-0.25, -0.2) is 8.78 Å². The molecule has 20 heavy (non-hydrogen) atoms. The summed E-state index contributed by atoms with van der Waals surface area (Å²) in [6.45, 7) is 3.47. The monoisotopic (exact) mass is 294 g/mol. The summed E-state index contributed by atoms with van der Waals surface area (Å²) in [4.78, 5) is 0. The van der Waals surface area contributed by atoms with Crippen molar-refractivity contribution in [3.63, 3.8) is 0 Å². The van der Waals surface area contributed by atoms with Crippen LogP contribution in [0.3, 0.4) is 0 Å². The van der Waals surface area contributed by atoms with Gasteiger partial charge in [0.15, 0.2) is 0 Å². The lowest BCUT2D eigenvalue weighted by atomic mass is 9.97. The number of nitrogens with two attached hydrogens (primary N) is 2. The first-order valence-corrected chi connectivity index (χ1v) is 6.84. The van der Waals surface area contributed by atoms with E-state index in [9.17, 15) is 8.78 Å². The fourth-order valence-electron chi connectivity index (χ4n) is 2.24. The van der Waals surface area contributed by atoms with E-state index in [1.807, 2.05) is 0 Å². The molecule has 0 radical (unpaired) electrons. The van der Waals surface area contributed by atoms with Gasteiger partial charge >= 0.3 is 0 Å². The summed E-state index contributed by atoms with van der Waals surface area (Å²) in [6.07, 6.45) is 0. The molecule has 0 spiro atoms. The van der Waals surface area contributed by atoms with Crippen molar-refractivity contribution in [2.45, 2.75) is 19.5 Å². The molecule has 4 N–H and O–H groups in total. The Morgan fingerprint density at radius 3 is 1.55 bits per heavy atom. The van der Waals surface area contributed by atoms with Crippen molar-refractivity contribution in [2.75, 3.05) is 11.5 Å². The van der Waals surface area contributed by atoms with E-state index in [4.69, 9.17) is 11.5 Å². The molecule has 2 aromatic rings. The molecule has 0 fully saturated rings. The smallest absolute Gasteiger partial charge is 0.123 e. The molecular weight excluding hydrogens is 277 g/mol. The number of rotatable bonds is 2. The Labute approximate surface area is 119 Å². The van der Waals surface area contributed by atoms with Gasteiger partial charge in [-0.3, -0.25) is 0 Å². The van der Waals surface area contributed by atoms with Crippen molar-refractivity contribution < 1.29 is 8.78 Å². The third-order valence-electron chi connectivity index (χ3n) is 3.44. The molecule has 0 heterocycles. The van der Waals surface area contributed by atoms with Crippen molar-refractivity contribution in [3.8, 4) is 0 Å². The summed E-state index contributed by atoms with van der Waals surface area (Å²) >= 11 is 0. The predicted molar refractivity (Wildman–Crippen MR) is 82.7 cm³/mol. The van der Waals surface area contributed by atoms with Crippen LogP contribution in [-0.2, 0) is 0 Å². The van der Waals surface area contributed by atoms with Gasteiger partial charge in [0.2, 0.25) is 0 Å². The van der Waals surface area contributed by atoms with Crippen molar-refractivity contribution in [3.05, 3.63) is 58.2 Å². The van der Waals surface area contributed by atoms with Gasteiger partial charge in [0, 0.05) is 17.0 Å². The number of benzene rings is 2. The van der Waals surface area contributed by atoms with E-state index < -0.39 is 0 Å². The van der Waals surface area contributed by atoms with Gasteiger partial charge in [-0.2, -0.15) is 0 Å². The Bertz CT molecular complexity index is 614. The molecule has 0 saturated heterocycles. The first kappa shape index (κ1) is 14.7. The third kappa shape index (κ3) is 2.61. The molecule has 0 aromatic heterocycles. The molecule has 0 aliphatic heterocycles. The second kappa shape index (κ2) is 5.37. The quantitative estimate of drug-likeness (QED) is 0.655. The zero-order chi connectivity index (χ0) is 15.0. The lowest BCUT2D eigenvalue weighted by molar-refractivity contribution is 0.623. The maximum absolute atomic E-state index is 13.6. The van der Waals surface area contributed by atoms with E-state index >= 15 is 0 Å². The number of hydrogen-bond donors (Lipinski definition) is 2. The molecule has 1 atom stereocenters. The maximum Gasteiger partial charge on any atom is 0.123 e. The minimum absolute atomic E-state index is 0.362. The van der Waals surface area contributed by atoms with Crippen LogP contribution in [0.1, 0.15) is 27.9 Å². The molecule has 1 unspecified atom stereocenters. The van der Waals surface area contributed by atoms with E-state index in [0.29, 0.717) is 33.6 Å². The first-order chi connectivity index (χ1) is 9.31. The van der Waals surface area contributed by atoms with E-state index in [0.717, 1.165) is 0 Å². The van der Waals surface area contributed by atoms with E-state index in [1.54, 1.807) is 13.8 Å². The highest BCUT2D eigenvalue weighted by molar-refractivity contribution is 7.17. The second-order valence-electron chi connectivity index (χ2n) is 4.93. The summed E-state index contributed by atoms with van der Waals surface area (Å²) < 4.78 is 27.1. The minimum atomic E-state index is -0.370. The number of anilines is 2. The summed E-state index contributed by atoms with van der Waals surface area (Å²) in [5.74, 6) is -0.739. The van der Waals surface area contributed by atoms with Crippen LogP contribution >= 0.6 is 9.24 Å². The van der Waals surface area contributed by atoms with E-state index in [2.05, 4.69) is 9.24 Å². The highest BCUT2D eigenvalue weighted by atomic mass is 31.0. The minimum Gasteiger partial charge on any atom is -0.398 e. The Hall–Kier alpha value is -1.67. The molecular formula is C15H17F2N2P. The number of nitrogen functional groups attached to an aromatic ring is 2. The van der Waals surface area contributed by atoms with Crippen molar-refractivity contribution in [2.24, 2.45) is 0 Å². The standard InChI is InChI=1S/C15H17F2N2P/c1-7-3-9(16)5-11(13(7)18)15(20)12-6-10(17)4-8(2)14(12)19/h3-6,15H,18-20H2,1-2H3. The zero-order valence-electron chi connectivity index (χ0n) is 11.4. The van der Waals surface area contributed by atoms with Crippen LogP contribution in [0.5, 0.6) is 0 Å². The molecule has 2 aromatic carbocycles. The van der Waals surface area contributed by atoms with Gasteiger partial charge in [0.05, 0.1) is 0 Å². The Balaban J connectivity index is 2.60. The molecule has 2 nitrogen and oxygen atoms in total. The van der Waals surface area contributed by atoms with Gasteiger partial charge in [0.25, 0.3) is 0 Å². The van der Waals surface area contributed by atoms with Crippen molar-refractivity contribution in [1.29, 1.82) is 0 Å². The lowest BCUT2D eigenvalue weighted by Gasteiger charge is -2.19. The molecule has 106 valence electrons. The van der Waals surface area contributed by atoms with Gasteiger partial charge in [-0.1, -0.05) is 0 Å². The summed E-state index contributed by atoms with van der Waals surface area (Å²) in [5.41, 5.74) is 15.1. The molecule has 0 bridgehead atoms. The van der Waals surface area contributed by atoms with Crippen molar-refractivity contribution in [1.82, 2.24) is 0 Å². The van der Waals surface area contributed by atoms with Gasteiger partial charge in [-0.15, -0.1) is 9.24 Å². The van der Waals surface area contributed by atoms with Crippen LogP contribution in [0.4, 0.5) is 20.2 Å². The Morgan fingerprint density at radius 1 is 0.850 bits per heavy atom. The molecule has 0 saturated carbocycles. The van der Waals surface area contributed by atoms with Gasteiger partial charge in [0.1, 0.15) is 11.6 Å². The highest BCUT2D eigenvalue weighted by Gasteiger charge is 2.18. The molecule has 5 heteroatoms. The van der Waals surface area contributed by atoms with Crippen LogP contribution in [0.25, 0.3) is 0 Å². The number of aryl methyl sites for hydroxylation is 2. The van der Waals surface area contributed by atoms with Gasteiger partial charge in [-0.05, 0) is 60.4 Å². The fourth-order valence-corrected chi connectivity index (χ4v) is 2.79. The Kier molecular flexibility index (Phi) is 3.96. The summed E-state index contributed by atoms with van der Waals surface area (Å²) in [5, 5.41) is 0. The van der Waals surface area contributed by atoms with Crippen LogP contribution in [0.2, 0.25) is 0 Å². The molecule has 0 aliphatic rings. The van der Waals surface area contributed by atoms with Gasteiger partial charge < -0.3 is 11.5 Å². The average Bonchev–Trinajstić information content (AvgIpc) is 2.37. The van der Waals surface area contributed by atoms with Crippen LogP contribution < -0.4 is 11.5 Å². The van der Waals surface area contributed by atoms with E-state index in [-0.39, 0.29) is 17.3 Å². The lowest BCUT2D eigenvalue weighted by Crippen LogP contribution is -2.06. The summed E-state index contributed by atoms with van der Waals surface area (Å²) in [7, 11) is 2.55. The van der Waals surface area contributed by atoms with E-state index in [1.165, 1.54) is 24.3 Å². The topological polar surface area (TPSA) is 52.0 Å². The SMILES string of the molecule is Cc1cc(F)cc(C(P)c2cc(F)cc(C)c2N)c1N. The molecule has 2 rings (SSSR count). The zero-order valence-corrected chi connectivity index (χ0v) is 12.5. The van der Waals surface area contributed by atoms with Crippen LogP contribution in [0.15, 0.2) is 24.3 Å². The average molecular weight is 294 g/mol. The van der Waals surface area contributed by atoms with Crippen LogP contribution in [0, 0.1) is 25.5 Å². The number of halogens is 2. The molecule has 0 aliphatic carbocycles. The normalized spacial score (nSPS) is 11.1. The third-order valence-corrected chi connectivity index (χ3v) is 4.16. The van der Waals surface area contributed by atoms with Crippen molar-refractivity contribution >= 4 is 20.6 Å². The summed E-state index contributed by atoms with van der Waals surface area (Å²) in [6, 6.07) is 5.46. The number of hydrogen-bond acceptors (Lipinski definition) is 2. The predicted octanol–water partition coefficient (Wildman–Crippen LogP) is 3.71. The highest BCUT2D eigenvalue weighted by Crippen LogP contribution is 2.39. The Morgan fingerprint density at radius 2 is 1.20 bits per heavy atom. The maximum atomic E-state index is 13.6. The van der Waals surface area contributed by atoms with Crippen LogP contribution in [-0.4, -0.2) is 0 Å². The molecule has 0 amide bonds. The largest absolute Gasteiger partial charge is 0.398 e.